The van der Waals surface area contributed by atoms with Gasteiger partial charge in [0.1, 0.15) is 0 Å². The molecule has 0 aliphatic carbocycles. The van der Waals surface area contributed by atoms with E-state index in [0.29, 0.717) is 0 Å². The van der Waals surface area contributed by atoms with E-state index in [1.54, 1.807) is 13.8 Å². The number of nitro benzene ring substituents is 1. The second-order valence-corrected chi connectivity index (χ2v) is 5.11. The first-order valence-electron chi connectivity index (χ1n) is 4.99. The number of hydrogen-bond acceptors (Lipinski definition) is 4. The van der Waals surface area contributed by atoms with Gasteiger partial charge in [0.2, 0.25) is 10.0 Å². The number of non-ortho nitro benzene ring substituents is 1. The minimum Gasteiger partial charge on any atom is -0.258 e. The average molecular weight is 257 g/mol. The highest BCUT2D eigenvalue weighted by Crippen LogP contribution is 2.21. The van der Waals surface area contributed by atoms with Crippen LogP contribution in [0.4, 0.5) is 5.69 Å². The van der Waals surface area contributed by atoms with E-state index in [1.165, 1.54) is 24.7 Å². The van der Waals surface area contributed by atoms with Crippen molar-refractivity contribution >= 4 is 15.7 Å². The van der Waals surface area contributed by atoms with Crippen molar-refractivity contribution < 1.29 is 13.3 Å². The van der Waals surface area contributed by atoms with E-state index in [0.717, 1.165) is 10.4 Å². The Labute approximate surface area is 100 Å². The predicted octanol–water partition coefficient (Wildman–Crippen LogP) is 1.79. The van der Waals surface area contributed by atoms with Gasteiger partial charge in [0.05, 0.1) is 9.82 Å². The van der Waals surface area contributed by atoms with Crippen LogP contribution in [-0.2, 0) is 10.0 Å². The molecule has 0 saturated carbocycles. The lowest BCUT2D eigenvalue weighted by Crippen LogP contribution is -2.27. The Morgan fingerprint density at radius 2 is 2.12 bits per heavy atom. The third-order valence-corrected chi connectivity index (χ3v) is 4.17. The normalized spacial score (nSPS) is 11.7. The van der Waals surface area contributed by atoms with Gasteiger partial charge >= 0.3 is 0 Å². The molecule has 7 heteroatoms. The topological polar surface area (TPSA) is 80.5 Å². The molecule has 0 N–H and O–H groups in total. The summed E-state index contributed by atoms with van der Waals surface area (Å²) in [6, 6.07) is 5.01. The minimum absolute atomic E-state index is 0.0772. The zero-order valence-corrected chi connectivity index (χ0v) is 10.3. The SMILES string of the molecule is C[CH]N(CC)S(=O)(=O)c1cccc([N+](=O)[O-])c1. The molecule has 0 bridgehead atoms. The Morgan fingerprint density at radius 1 is 1.47 bits per heavy atom. The molecule has 0 aromatic heterocycles. The molecule has 0 fully saturated rings. The standard InChI is InChI=1S/C10H13N2O4S/c1-3-11(4-2)17(15,16)10-7-5-6-9(8-10)12(13)14/h3,5-8H,4H2,1-2H3. The van der Waals surface area contributed by atoms with Crippen molar-refractivity contribution in [3.05, 3.63) is 40.9 Å². The van der Waals surface area contributed by atoms with Gasteiger partial charge in [-0.1, -0.05) is 13.0 Å². The quantitative estimate of drug-likeness (QED) is 0.595. The third-order valence-electron chi connectivity index (χ3n) is 2.23. The van der Waals surface area contributed by atoms with E-state index < -0.39 is 14.9 Å². The largest absolute Gasteiger partial charge is 0.270 e. The molecule has 0 aliphatic heterocycles. The Balaban J connectivity index is 3.24. The fourth-order valence-corrected chi connectivity index (χ4v) is 2.79. The van der Waals surface area contributed by atoms with Crippen LogP contribution in [0.25, 0.3) is 0 Å². The van der Waals surface area contributed by atoms with E-state index in [9.17, 15) is 18.5 Å². The second-order valence-electron chi connectivity index (χ2n) is 3.22. The molecule has 0 spiro atoms. The summed E-state index contributed by atoms with van der Waals surface area (Å²) in [6.45, 7) is 4.99. The molecule has 1 radical (unpaired) electrons. The van der Waals surface area contributed by atoms with Crippen LogP contribution in [0.5, 0.6) is 0 Å². The van der Waals surface area contributed by atoms with Gasteiger partial charge in [-0.3, -0.25) is 10.1 Å². The van der Waals surface area contributed by atoms with Crippen LogP contribution in [-0.4, -0.2) is 24.2 Å². The van der Waals surface area contributed by atoms with Gasteiger partial charge in [-0.25, -0.2) is 8.42 Å². The lowest BCUT2D eigenvalue weighted by molar-refractivity contribution is -0.385. The lowest BCUT2D eigenvalue weighted by atomic mass is 10.3. The summed E-state index contributed by atoms with van der Waals surface area (Å²) in [5.74, 6) is 0. The first-order chi connectivity index (χ1) is 7.93. The maximum atomic E-state index is 12.0. The number of nitro groups is 1. The molecule has 17 heavy (non-hydrogen) atoms. The molecule has 0 atom stereocenters. The molecule has 0 aliphatic rings. The number of nitrogens with zero attached hydrogens (tertiary/aromatic N) is 2. The molecule has 0 amide bonds. The average Bonchev–Trinajstić information content (AvgIpc) is 2.30. The maximum absolute atomic E-state index is 12.0. The van der Waals surface area contributed by atoms with Gasteiger partial charge in [0, 0.05) is 25.2 Å². The summed E-state index contributed by atoms with van der Waals surface area (Å²) in [5.41, 5.74) is -0.238. The lowest BCUT2D eigenvalue weighted by Gasteiger charge is -2.17. The summed E-state index contributed by atoms with van der Waals surface area (Å²) in [4.78, 5) is 9.88. The van der Waals surface area contributed by atoms with Crippen molar-refractivity contribution in [2.24, 2.45) is 0 Å². The van der Waals surface area contributed by atoms with Crippen molar-refractivity contribution in [3.63, 3.8) is 0 Å². The zero-order chi connectivity index (χ0) is 13.1. The van der Waals surface area contributed by atoms with Gasteiger partial charge in [0.25, 0.3) is 5.69 Å². The maximum Gasteiger partial charge on any atom is 0.270 e. The summed E-state index contributed by atoms with van der Waals surface area (Å²) in [7, 11) is -3.68. The number of sulfonamides is 1. The number of rotatable bonds is 5. The van der Waals surface area contributed by atoms with Gasteiger partial charge in [0.15, 0.2) is 0 Å². The van der Waals surface area contributed by atoms with Gasteiger partial charge in [-0.2, -0.15) is 4.31 Å². The minimum atomic E-state index is -3.68. The van der Waals surface area contributed by atoms with Crippen LogP contribution < -0.4 is 0 Å². The molecule has 0 saturated heterocycles. The zero-order valence-electron chi connectivity index (χ0n) is 9.53. The highest BCUT2D eigenvalue weighted by atomic mass is 32.2. The van der Waals surface area contributed by atoms with Crippen LogP contribution in [0.1, 0.15) is 13.8 Å². The number of benzene rings is 1. The molecular weight excluding hydrogens is 244 g/mol. The van der Waals surface area contributed by atoms with E-state index in [4.69, 9.17) is 0 Å². The Morgan fingerprint density at radius 3 is 2.59 bits per heavy atom. The highest BCUT2D eigenvalue weighted by molar-refractivity contribution is 7.89. The fourth-order valence-electron chi connectivity index (χ4n) is 1.38. The first kappa shape index (κ1) is 13.6. The summed E-state index contributed by atoms with van der Waals surface area (Å²) >= 11 is 0. The second kappa shape index (κ2) is 5.24. The molecule has 0 unspecified atom stereocenters. The molecule has 1 rings (SSSR count). The van der Waals surface area contributed by atoms with Crippen LogP contribution >= 0.6 is 0 Å². The van der Waals surface area contributed by atoms with Crippen LogP contribution in [0.15, 0.2) is 29.2 Å². The van der Waals surface area contributed by atoms with Crippen LogP contribution in [0, 0.1) is 16.7 Å². The highest BCUT2D eigenvalue weighted by Gasteiger charge is 2.23. The van der Waals surface area contributed by atoms with E-state index in [1.807, 2.05) is 0 Å². The van der Waals surface area contributed by atoms with Gasteiger partial charge in [-0.05, 0) is 13.0 Å². The van der Waals surface area contributed by atoms with Gasteiger partial charge in [-0.15, -0.1) is 0 Å². The van der Waals surface area contributed by atoms with E-state index in [-0.39, 0.29) is 17.1 Å². The van der Waals surface area contributed by atoms with Crippen molar-refractivity contribution in [1.82, 2.24) is 4.31 Å². The molecule has 6 nitrogen and oxygen atoms in total. The van der Waals surface area contributed by atoms with E-state index in [2.05, 4.69) is 0 Å². The predicted molar refractivity (Wildman–Crippen MR) is 62.6 cm³/mol. The number of hydrogen-bond donors (Lipinski definition) is 0. The first-order valence-corrected chi connectivity index (χ1v) is 6.43. The third kappa shape index (κ3) is 2.80. The smallest absolute Gasteiger partial charge is 0.258 e. The van der Waals surface area contributed by atoms with Crippen molar-refractivity contribution in [2.45, 2.75) is 18.7 Å². The Bertz CT molecular complexity index is 509. The molecule has 1 aromatic rings. The van der Waals surface area contributed by atoms with E-state index >= 15 is 0 Å². The molecular formula is C10H13N2O4S. The molecule has 93 valence electrons. The summed E-state index contributed by atoms with van der Waals surface area (Å²) < 4.78 is 25.2. The Kier molecular flexibility index (Phi) is 4.19. The summed E-state index contributed by atoms with van der Waals surface area (Å²) in [5, 5.41) is 10.6. The van der Waals surface area contributed by atoms with Gasteiger partial charge < -0.3 is 0 Å². The van der Waals surface area contributed by atoms with Crippen molar-refractivity contribution in [3.8, 4) is 0 Å². The van der Waals surface area contributed by atoms with Crippen LogP contribution in [0.3, 0.4) is 0 Å². The molecule has 1 aromatic carbocycles. The van der Waals surface area contributed by atoms with Crippen molar-refractivity contribution in [1.29, 1.82) is 0 Å². The monoisotopic (exact) mass is 257 g/mol. The summed E-state index contributed by atoms with van der Waals surface area (Å²) in [6.07, 6.45) is 0. The fraction of sp³-hybridized carbons (Fsp3) is 0.300. The Hall–Kier alpha value is -1.47. The molecule has 0 heterocycles. The van der Waals surface area contributed by atoms with Crippen LogP contribution in [0.2, 0.25) is 0 Å². The van der Waals surface area contributed by atoms with Crippen molar-refractivity contribution in [2.75, 3.05) is 6.54 Å².